The number of hydrogen-bond acceptors (Lipinski definition) is 7. The predicted molar refractivity (Wildman–Crippen MR) is 143 cm³/mol. The van der Waals surface area contributed by atoms with Crippen LogP contribution in [0.1, 0.15) is 47.5 Å². The molecule has 0 aliphatic carbocycles. The van der Waals surface area contributed by atoms with E-state index in [2.05, 4.69) is 15.3 Å². The van der Waals surface area contributed by atoms with E-state index < -0.39 is 18.0 Å². The molecule has 2 fully saturated rings. The third-order valence-electron chi connectivity index (χ3n) is 6.99. The molecule has 5 N–H and O–H groups in total. The van der Waals surface area contributed by atoms with Crippen LogP contribution in [0.4, 0.5) is 4.39 Å². The molecule has 1 aromatic carbocycles. The Kier molecular flexibility index (Phi) is 9.23. The smallest absolute Gasteiger partial charge is 0.243 e. The maximum atomic E-state index is 13.9. The lowest BCUT2D eigenvalue weighted by atomic mass is 10.1. The van der Waals surface area contributed by atoms with Crippen LogP contribution >= 0.6 is 11.3 Å². The second kappa shape index (κ2) is 12.8. The van der Waals surface area contributed by atoms with Gasteiger partial charge in [0.1, 0.15) is 11.9 Å². The van der Waals surface area contributed by atoms with Gasteiger partial charge in [0.25, 0.3) is 0 Å². The molecule has 13 heteroatoms. The number of thiazole rings is 1. The fourth-order valence-corrected chi connectivity index (χ4v) is 5.72. The van der Waals surface area contributed by atoms with Gasteiger partial charge in [-0.3, -0.25) is 24.2 Å². The first-order valence-corrected chi connectivity index (χ1v) is 13.7. The van der Waals surface area contributed by atoms with E-state index in [1.807, 2.05) is 0 Å². The second-order valence-corrected chi connectivity index (χ2v) is 10.5. The Hall–Kier alpha value is -3.87. The van der Waals surface area contributed by atoms with Crippen molar-refractivity contribution in [3.05, 3.63) is 52.2 Å². The van der Waals surface area contributed by atoms with Gasteiger partial charge in [0.2, 0.25) is 23.5 Å². The van der Waals surface area contributed by atoms with Gasteiger partial charge in [0.05, 0.1) is 18.6 Å². The van der Waals surface area contributed by atoms with Gasteiger partial charge in [-0.2, -0.15) is 0 Å². The standard InChI is InChI=1S/C26H32FN7O4S/c27-18-5-2-1-4-16(18)7-10-21(35)33-14-17-8-9-20(34(17)22(36)15-33)24(38)32-19(6-3-11-31-26(28)29)23(37)25-30-12-13-39-25/h1-2,4-5,12-13,17,19-20H,3,6-11,14-15H2,(H,32,38)(H4,28,29,31)/t17-,19?,20-/m0/s1. The highest BCUT2D eigenvalue weighted by Crippen LogP contribution is 2.29. The van der Waals surface area contributed by atoms with Gasteiger partial charge in [0, 0.05) is 31.1 Å². The normalized spacial score (nSPS) is 19.4. The Morgan fingerprint density at radius 3 is 2.74 bits per heavy atom. The molecule has 1 aromatic heterocycles. The summed E-state index contributed by atoms with van der Waals surface area (Å²) >= 11 is 1.19. The minimum absolute atomic E-state index is 0.0535. The van der Waals surface area contributed by atoms with Gasteiger partial charge in [-0.1, -0.05) is 18.2 Å². The molecule has 4 rings (SSSR count). The van der Waals surface area contributed by atoms with Crippen molar-refractivity contribution in [3.63, 3.8) is 0 Å². The van der Waals surface area contributed by atoms with Crippen LogP contribution in [0.3, 0.4) is 0 Å². The number of nitrogens with two attached hydrogens (primary N) is 2. The molecule has 2 aliphatic heterocycles. The van der Waals surface area contributed by atoms with E-state index in [1.54, 1.807) is 28.5 Å². The van der Waals surface area contributed by atoms with Crippen LogP contribution in [0, 0.1) is 5.82 Å². The molecule has 3 atom stereocenters. The van der Waals surface area contributed by atoms with Crippen molar-refractivity contribution in [2.45, 2.75) is 56.7 Å². The highest BCUT2D eigenvalue weighted by Gasteiger charge is 2.46. The first-order chi connectivity index (χ1) is 18.7. The fraction of sp³-hybridized carbons (Fsp3) is 0.462. The number of fused-ring (bicyclic) bond motifs is 1. The monoisotopic (exact) mass is 557 g/mol. The zero-order valence-electron chi connectivity index (χ0n) is 21.4. The summed E-state index contributed by atoms with van der Waals surface area (Å²) in [5.41, 5.74) is 11.2. The molecule has 3 amide bonds. The largest absolute Gasteiger partial charge is 0.370 e. The van der Waals surface area contributed by atoms with Gasteiger partial charge in [-0.25, -0.2) is 9.37 Å². The fourth-order valence-electron chi connectivity index (χ4n) is 5.09. The molecule has 2 aromatic rings. The molecule has 2 aliphatic rings. The summed E-state index contributed by atoms with van der Waals surface area (Å²) in [5.74, 6) is -1.69. The van der Waals surface area contributed by atoms with Crippen molar-refractivity contribution in [2.75, 3.05) is 19.6 Å². The summed E-state index contributed by atoms with van der Waals surface area (Å²) in [7, 11) is 0. The maximum Gasteiger partial charge on any atom is 0.243 e. The van der Waals surface area contributed by atoms with Crippen molar-refractivity contribution in [1.82, 2.24) is 20.1 Å². The van der Waals surface area contributed by atoms with Gasteiger partial charge in [-0.15, -0.1) is 11.3 Å². The number of carbonyl (C=O) groups is 4. The van der Waals surface area contributed by atoms with Crippen LogP contribution < -0.4 is 16.8 Å². The van der Waals surface area contributed by atoms with E-state index in [1.165, 1.54) is 28.5 Å². The third-order valence-corrected chi connectivity index (χ3v) is 7.78. The number of benzene rings is 1. The van der Waals surface area contributed by atoms with E-state index in [4.69, 9.17) is 11.5 Å². The van der Waals surface area contributed by atoms with E-state index in [9.17, 15) is 23.6 Å². The molecule has 208 valence electrons. The van der Waals surface area contributed by atoms with E-state index in [0.29, 0.717) is 44.3 Å². The van der Waals surface area contributed by atoms with Crippen LogP contribution in [-0.4, -0.2) is 82.0 Å². The molecule has 39 heavy (non-hydrogen) atoms. The van der Waals surface area contributed by atoms with Crippen molar-refractivity contribution >= 4 is 40.8 Å². The Labute approximate surface area is 229 Å². The van der Waals surface area contributed by atoms with Crippen molar-refractivity contribution < 1.29 is 23.6 Å². The van der Waals surface area contributed by atoms with Crippen LogP contribution in [0.25, 0.3) is 0 Å². The number of aromatic nitrogens is 1. The number of ketones is 1. The molecular formula is C26H32FN7O4S. The maximum absolute atomic E-state index is 13.9. The lowest BCUT2D eigenvalue weighted by Crippen LogP contribution is -2.60. The molecule has 0 radical (unpaired) electrons. The number of nitrogens with one attached hydrogen (secondary N) is 1. The summed E-state index contributed by atoms with van der Waals surface area (Å²) in [6.07, 6.45) is 3.59. The molecule has 1 unspecified atom stereocenters. The second-order valence-electron chi connectivity index (χ2n) is 9.63. The summed E-state index contributed by atoms with van der Waals surface area (Å²) in [6.45, 7) is 0.471. The summed E-state index contributed by atoms with van der Waals surface area (Å²) in [6, 6.07) is 4.43. The van der Waals surface area contributed by atoms with Gasteiger partial charge >= 0.3 is 0 Å². The van der Waals surface area contributed by atoms with Gasteiger partial charge < -0.3 is 26.6 Å². The van der Waals surface area contributed by atoms with Gasteiger partial charge in [0.15, 0.2) is 11.0 Å². The summed E-state index contributed by atoms with van der Waals surface area (Å²) in [4.78, 5) is 63.3. The molecule has 11 nitrogen and oxygen atoms in total. The lowest BCUT2D eigenvalue weighted by Gasteiger charge is -2.39. The number of nitrogens with zero attached hydrogens (tertiary/aromatic N) is 4. The van der Waals surface area contributed by atoms with Crippen molar-refractivity contribution in [1.29, 1.82) is 0 Å². The van der Waals surface area contributed by atoms with Crippen molar-refractivity contribution in [2.24, 2.45) is 16.5 Å². The number of Topliss-reactive ketones (excluding diaryl/α,β-unsaturated/α-hetero) is 1. The topological polar surface area (TPSA) is 164 Å². The number of amides is 3. The first-order valence-electron chi connectivity index (χ1n) is 12.9. The Morgan fingerprint density at radius 1 is 1.23 bits per heavy atom. The number of rotatable bonds is 11. The van der Waals surface area contributed by atoms with Gasteiger partial charge in [-0.05, 0) is 43.7 Å². The molecule has 2 saturated heterocycles. The predicted octanol–water partition coefficient (Wildman–Crippen LogP) is 0.838. The average Bonchev–Trinajstić information content (AvgIpc) is 3.60. The number of aliphatic imine (C=N–C) groups is 1. The number of hydrogen-bond donors (Lipinski definition) is 3. The first kappa shape index (κ1) is 28.1. The molecular weight excluding hydrogens is 525 g/mol. The average molecular weight is 558 g/mol. The highest BCUT2D eigenvalue weighted by atomic mass is 32.1. The van der Waals surface area contributed by atoms with Crippen LogP contribution in [0.5, 0.6) is 0 Å². The number of guanidine groups is 1. The Bertz CT molecular complexity index is 1230. The van der Waals surface area contributed by atoms with Crippen LogP contribution in [0.2, 0.25) is 0 Å². The van der Waals surface area contributed by atoms with Crippen LogP contribution in [0.15, 0.2) is 40.8 Å². The molecule has 0 spiro atoms. The minimum Gasteiger partial charge on any atom is -0.370 e. The van der Waals surface area contributed by atoms with Crippen LogP contribution in [-0.2, 0) is 20.8 Å². The summed E-state index contributed by atoms with van der Waals surface area (Å²) < 4.78 is 13.9. The molecule has 0 bridgehead atoms. The minimum atomic E-state index is -0.840. The third kappa shape index (κ3) is 6.96. The number of aryl methyl sites for hydroxylation is 1. The number of carbonyl (C=O) groups excluding carboxylic acids is 4. The zero-order chi connectivity index (χ0) is 27.9. The molecule has 0 saturated carbocycles. The van der Waals surface area contributed by atoms with E-state index in [-0.39, 0.29) is 59.8 Å². The SMILES string of the molecule is NC(N)=NCCCC(NC(=O)[C@@H]1CC[C@H]2CN(C(=O)CCc3ccccc3F)CC(=O)N21)C(=O)c1nccs1. The highest BCUT2D eigenvalue weighted by molar-refractivity contribution is 7.11. The zero-order valence-corrected chi connectivity index (χ0v) is 22.2. The van der Waals surface area contributed by atoms with E-state index in [0.717, 1.165) is 0 Å². The quantitative estimate of drug-likeness (QED) is 0.159. The van der Waals surface area contributed by atoms with E-state index >= 15 is 0 Å². The number of halogens is 1. The lowest BCUT2D eigenvalue weighted by molar-refractivity contribution is -0.151. The van der Waals surface area contributed by atoms with Crippen molar-refractivity contribution in [3.8, 4) is 0 Å². The molecule has 3 heterocycles. The Balaban J connectivity index is 1.36. The number of piperazine rings is 1. The summed E-state index contributed by atoms with van der Waals surface area (Å²) in [5, 5.41) is 4.79. The Morgan fingerprint density at radius 2 is 2.03 bits per heavy atom.